The maximum absolute atomic E-state index is 4.25. The van der Waals surface area contributed by atoms with Gasteiger partial charge in [-0.05, 0) is 25.7 Å². The van der Waals surface area contributed by atoms with E-state index >= 15 is 0 Å². The van der Waals surface area contributed by atoms with E-state index in [2.05, 4.69) is 27.3 Å². The van der Waals surface area contributed by atoms with Crippen LogP contribution in [0.5, 0.6) is 0 Å². The van der Waals surface area contributed by atoms with Gasteiger partial charge in [0.1, 0.15) is 5.01 Å². The summed E-state index contributed by atoms with van der Waals surface area (Å²) in [7, 11) is 0. The third kappa shape index (κ3) is 1.45. The quantitative estimate of drug-likeness (QED) is 0.769. The van der Waals surface area contributed by atoms with Crippen LogP contribution in [0, 0.1) is 18.8 Å². The molecule has 0 saturated carbocycles. The molecule has 0 aliphatic carbocycles. The first-order valence-corrected chi connectivity index (χ1v) is 6.35. The van der Waals surface area contributed by atoms with Crippen LogP contribution in [0.1, 0.15) is 11.9 Å². The molecule has 15 heavy (non-hydrogen) atoms. The largest absolute Gasteiger partial charge is 0.343 e. The van der Waals surface area contributed by atoms with Gasteiger partial charge in [-0.15, -0.1) is 10.2 Å². The standard InChI is InChI=1S/C10H16N4S/c1-6-9-4-11-3-8(9)5-14(6)10-13-12-7(2)15-10/h6,8-9,11H,3-5H2,1-2H3. The Morgan fingerprint density at radius 2 is 2.27 bits per heavy atom. The molecule has 3 atom stereocenters. The highest BCUT2D eigenvalue weighted by Crippen LogP contribution is 2.36. The predicted molar refractivity (Wildman–Crippen MR) is 61.3 cm³/mol. The van der Waals surface area contributed by atoms with E-state index in [0.717, 1.165) is 28.5 Å². The van der Waals surface area contributed by atoms with E-state index in [-0.39, 0.29) is 0 Å². The number of fused-ring (bicyclic) bond motifs is 1. The van der Waals surface area contributed by atoms with E-state index in [4.69, 9.17) is 0 Å². The fourth-order valence-corrected chi connectivity index (χ4v) is 3.61. The second-order valence-corrected chi connectivity index (χ2v) is 5.74. The fraction of sp³-hybridized carbons (Fsp3) is 0.800. The zero-order valence-electron chi connectivity index (χ0n) is 9.10. The van der Waals surface area contributed by atoms with Crippen LogP contribution in [-0.2, 0) is 0 Å². The maximum atomic E-state index is 4.25. The van der Waals surface area contributed by atoms with Gasteiger partial charge in [0.15, 0.2) is 0 Å². The SMILES string of the molecule is Cc1nnc(N2CC3CNCC3C2C)s1. The minimum Gasteiger partial charge on any atom is -0.343 e. The number of anilines is 1. The number of rotatable bonds is 1. The summed E-state index contributed by atoms with van der Waals surface area (Å²) in [5, 5.41) is 14.0. The van der Waals surface area contributed by atoms with Crippen LogP contribution in [0.2, 0.25) is 0 Å². The van der Waals surface area contributed by atoms with E-state index in [0.29, 0.717) is 6.04 Å². The topological polar surface area (TPSA) is 41.1 Å². The molecule has 5 heteroatoms. The van der Waals surface area contributed by atoms with E-state index < -0.39 is 0 Å². The molecule has 3 rings (SSSR count). The van der Waals surface area contributed by atoms with Crippen molar-refractivity contribution in [1.29, 1.82) is 0 Å². The lowest BCUT2D eigenvalue weighted by atomic mass is 9.95. The van der Waals surface area contributed by atoms with Crippen LogP contribution in [0.15, 0.2) is 0 Å². The Morgan fingerprint density at radius 1 is 1.40 bits per heavy atom. The first-order chi connectivity index (χ1) is 7.25. The minimum atomic E-state index is 0.609. The van der Waals surface area contributed by atoms with Crippen molar-refractivity contribution in [3.8, 4) is 0 Å². The van der Waals surface area contributed by atoms with Gasteiger partial charge in [-0.1, -0.05) is 11.3 Å². The summed E-state index contributed by atoms with van der Waals surface area (Å²) in [6, 6.07) is 0.609. The number of aromatic nitrogens is 2. The van der Waals surface area contributed by atoms with Crippen molar-refractivity contribution < 1.29 is 0 Å². The summed E-state index contributed by atoms with van der Waals surface area (Å²) in [6.45, 7) is 7.82. The maximum Gasteiger partial charge on any atom is 0.208 e. The number of aryl methyl sites for hydroxylation is 1. The molecule has 4 nitrogen and oxygen atoms in total. The summed E-state index contributed by atoms with van der Waals surface area (Å²) in [6.07, 6.45) is 0. The molecule has 3 heterocycles. The molecule has 1 aromatic heterocycles. The molecular formula is C10H16N4S. The lowest BCUT2D eigenvalue weighted by Gasteiger charge is -2.22. The number of hydrogen-bond donors (Lipinski definition) is 1. The summed E-state index contributed by atoms with van der Waals surface area (Å²) in [5.41, 5.74) is 0. The van der Waals surface area contributed by atoms with Crippen molar-refractivity contribution >= 4 is 16.5 Å². The van der Waals surface area contributed by atoms with Gasteiger partial charge in [0.2, 0.25) is 5.13 Å². The number of nitrogens with zero attached hydrogens (tertiary/aromatic N) is 3. The van der Waals surface area contributed by atoms with E-state index in [1.165, 1.54) is 13.1 Å². The van der Waals surface area contributed by atoms with Gasteiger partial charge in [0.05, 0.1) is 0 Å². The summed E-state index contributed by atoms with van der Waals surface area (Å²) in [4.78, 5) is 2.43. The molecule has 0 radical (unpaired) electrons. The van der Waals surface area contributed by atoms with Crippen LogP contribution >= 0.6 is 11.3 Å². The average Bonchev–Trinajstić information content (AvgIpc) is 2.84. The second kappa shape index (κ2) is 3.42. The number of nitrogens with one attached hydrogen (secondary N) is 1. The van der Waals surface area contributed by atoms with Crippen molar-refractivity contribution in [2.45, 2.75) is 19.9 Å². The first kappa shape index (κ1) is 9.54. The van der Waals surface area contributed by atoms with Crippen LogP contribution < -0.4 is 10.2 Å². The van der Waals surface area contributed by atoms with E-state index in [1.807, 2.05) is 6.92 Å². The van der Waals surface area contributed by atoms with Crippen molar-refractivity contribution in [1.82, 2.24) is 15.5 Å². The molecule has 2 saturated heterocycles. The van der Waals surface area contributed by atoms with Crippen LogP contribution in [0.25, 0.3) is 0 Å². The molecule has 1 aromatic rings. The molecule has 0 aromatic carbocycles. The Kier molecular flexibility index (Phi) is 2.17. The van der Waals surface area contributed by atoms with Gasteiger partial charge < -0.3 is 10.2 Å². The van der Waals surface area contributed by atoms with Gasteiger partial charge in [-0.25, -0.2) is 0 Å². The Hall–Kier alpha value is -0.680. The zero-order valence-corrected chi connectivity index (χ0v) is 9.92. The molecule has 82 valence electrons. The third-order valence-electron chi connectivity index (χ3n) is 3.70. The Labute approximate surface area is 93.7 Å². The van der Waals surface area contributed by atoms with Crippen molar-refractivity contribution in [2.75, 3.05) is 24.5 Å². The molecule has 1 N–H and O–H groups in total. The Morgan fingerprint density at radius 3 is 2.93 bits per heavy atom. The van der Waals surface area contributed by atoms with E-state index in [9.17, 15) is 0 Å². The summed E-state index contributed by atoms with van der Waals surface area (Å²) in [5.74, 6) is 1.61. The van der Waals surface area contributed by atoms with Gasteiger partial charge in [0, 0.05) is 25.7 Å². The predicted octanol–water partition coefficient (Wildman–Crippen LogP) is 0.891. The second-order valence-electron chi connectivity index (χ2n) is 4.58. The molecule has 0 bridgehead atoms. The Bertz CT molecular complexity index is 364. The monoisotopic (exact) mass is 224 g/mol. The summed E-state index contributed by atoms with van der Waals surface area (Å²) < 4.78 is 0. The molecule has 3 unspecified atom stereocenters. The molecule has 2 aliphatic heterocycles. The first-order valence-electron chi connectivity index (χ1n) is 5.53. The van der Waals surface area contributed by atoms with Gasteiger partial charge >= 0.3 is 0 Å². The van der Waals surface area contributed by atoms with Gasteiger partial charge in [-0.2, -0.15) is 0 Å². The van der Waals surface area contributed by atoms with Gasteiger partial charge in [-0.3, -0.25) is 0 Å². The minimum absolute atomic E-state index is 0.609. The summed E-state index contributed by atoms with van der Waals surface area (Å²) >= 11 is 1.71. The van der Waals surface area contributed by atoms with Crippen molar-refractivity contribution in [3.63, 3.8) is 0 Å². The smallest absolute Gasteiger partial charge is 0.208 e. The molecule has 2 fully saturated rings. The number of hydrogen-bond acceptors (Lipinski definition) is 5. The molecular weight excluding hydrogens is 208 g/mol. The van der Waals surface area contributed by atoms with Crippen LogP contribution in [0.3, 0.4) is 0 Å². The van der Waals surface area contributed by atoms with E-state index in [1.54, 1.807) is 11.3 Å². The third-order valence-corrected chi connectivity index (χ3v) is 4.57. The molecule has 0 amide bonds. The van der Waals surface area contributed by atoms with Crippen LogP contribution in [0.4, 0.5) is 5.13 Å². The fourth-order valence-electron chi connectivity index (χ4n) is 2.82. The molecule has 0 spiro atoms. The normalized spacial score (nSPS) is 34.8. The Balaban J connectivity index is 1.84. The van der Waals surface area contributed by atoms with Gasteiger partial charge in [0.25, 0.3) is 0 Å². The zero-order chi connectivity index (χ0) is 10.4. The highest BCUT2D eigenvalue weighted by atomic mass is 32.1. The highest BCUT2D eigenvalue weighted by molar-refractivity contribution is 7.15. The average molecular weight is 224 g/mol. The van der Waals surface area contributed by atoms with Crippen molar-refractivity contribution in [2.24, 2.45) is 11.8 Å². The van der Waals surface area contributed by atoms with Crippen molar-refractivity contribution in [3.05, 3.63) is 5.01 Å². The highest BCUT2D eigenvalue weighted by Gasteiger charge is 2.42. The molecule has 2 aliphatic rings. The van der Waals surface area contributed by atoms with Crippen LogP contribution in [-0.4, -0.2) is 35.9 Å². The lowest BCUT2D eigenvalue weighted by Crippen LogP contribution is -2.33. The lowest BCUT2D eigenvalue weighted by molar-refractivity contribution is 0.471.